The first-order chi connectivity index (χ1) is 11.8. The number of nitrogens with one attached hydrogen (secondary N) is 2. The Hall–Kier alpha value is -1.44. The summed E-state index contributed by atoms with van der Waals surface area (Å²) in [5, 5.41) is 2.83. The van der Waals surface area contributed by atoms with E-state index in [1.54, 1.807) is 24.3 Å². The molecular formula is C18H28N2O4S. The zero-order valence-corrected chi connectivity index (χ0v) is 15.9. The third kappa shape index (κ3) is 5.52. The summed E-state index contributed by atoms with van der Waals surface area (Å²) < 4.78 is 33.3. The van der Waals surface area contributed by atoms with Gasteiger partial charge in [-0.1, -0.05) is 38.0 Å². The Bertz CT molecular complexity index is 667. The van der Waals surface area contributed by atoms with Crippen molar-refractivity contribution in [1.29, 1.82) is 0 Å². The van der Waals surface area contributed by atoms with Gasteiger partial charge in [-0.2, -0.15) is 4.72 Å². The number of carbonyl (C=O) groups is 1. The van der Waals surface area contributed by atoms with Gasteiger partial charge in [-0.25, -0.2) is 8.42 Å². The monoisotopic (exact) mass is 368 g/mol. The third-order valence-electron chi connectivity index (χ3n) is 4.64. The molecule has 7 heteroatoms. The Labute approximate surface area is 150 Å². The summed E-state index contributed by atoms with van der Waals surface area (Å²) in [7, 11) is -3.76. The molecule has 2 rings (SSSR count). The first-order valence-corrected chi connectivity index (χ1v) is 10.3. The second-order valence-electron chi connectivity index (χ2n) is 6.68. The topological polar surface area (TPSA) is 84.5 Å². The van der Waals surface area contributed by atoms with Crippen molar-refractivity contribution in [3.05, 3.63) is 29.8 Å². The second-order valence-corrected chi connectivity index (χ2v) is 8.39. The van der Waals surface area contributed by atoms with Gasteiger partial charge >= 0.3 is 0 Å². The Balaban J connectivity index is 2.07. The summed E-state index contributed by atoms with van der Waals surface area (Å²) in [5.41, 5.74) is 0.978. The first kappa shape index (κ1) is 19.9. The number of ether oxygens (including phenoxy) is 1. The Morgan fingerprint density at radius 2 is 2.00 bits per heavy atom. The summed E-state index contributed by atoms with van der Waals surface area (Å²) >= 11 is 0. The summed E-state index contributed by atoms with van der Waals surface area (Å²) in [6.07, 6.45) is 2.63. The Kier molecular flexibility index (Phi) is 6.98. The van der Waals surface area contributed by atoms with Gasteiger partial charge in [0.2, 0.25) is 15.9 Å². The fourth-order valence-corrected chi connectivity index (χ4v) is 4.05. The maximum atomic E-state index is 12.6. The molecule has 1 aromatic rings. The van der Waals surface area contributed by atoms with Crippen LogP contribution in [-0.2, 0) is 19.6 Å². The zero-order valence-electron chi connectivity index (χ0n) is 15.1. The van der Waals surface area contributed by atoms with E-state index in [1.165, 1.54) is 0 Å². The molecule has 1 aromatic carbocycles. The molecule has 1 aliphatic rings. The SMILES string of the molecule is CC[C@H](C)[C@@H](NS(=O)(=O)c1ccc(C)cc1)C(=O)NC[C@@H]1CCCO1. The minimum absolute atomic E-state index is 0.0234. The van der Waals surface area contributed by atoms with E-state index in [9.17, 15) is 13.2 Å². The van der Waals surface area contributed by atoms with Crippen LogP contribution >= 0.6 is 0 Å². The van der Waals surface area contributed by atoms with E-state index >= 15 is 0 Å². The molecule has 1 saturated heterocycles. The van der Waals surface area contributed by atoms with Gasteiger partial charge in [0.05, 0.1) is 11.0 Å². The van der Waals surface area contributed by atoms with Gasteiger partial charge < -0.3 is 10.1 Å². The number of carbonyl (C=O) groups excluding carboxylic acids is 1. The summed E-state index contributed by atoms with van der Waals surface area (Å²) in [4.78, 5) is 12.7. The minimum Gasteiger partial charge on any atom is -0.376 e. The zero-order chi connectivity index (χ0) is 18.4. The lowest BCUT2D eigenvalue weighted by atomic mass is 9.99. The van der Waals surface area contributed by atoms with E-state index in [-0.39, 0.29) is 22.8 Å². The number of rotatable bonds is 8. The number of hydrogen-bond acceptors (Lipinski definition) is 4. The molecule has 2 N–H and O–H groups in total. The minimum atomic E-state index is -3.76. The van der Waals surface area contributed by atoms with Gasteiger partial charge in [-0.05, 0) is 37.8 Å². The van der Waals surface area contributed by atoms with Gasteiger partial charge in [-0.15, -0.1) is 0 Å². The van der Waals surface area contributed by atoms with E-state index in [0.717, 1.165) is 25.0 Å². The van der Waals surface area contributed by atoms with Crippen LogP contribution in [0, 0.1) is 12.8 Å². The van der Waals surface area contributed by atoms with Crippen molar-refractivity contribution >= 4 is 15.9 Å². The number of sulfonamides is 1. The highest BCUT2D eigenvalue weighted by molar-refractivity contribution is 7.89. The highest BCUT2D eigenvalue weighted by atomic mass is 32.2. The van der Waals surface area contributed by atoms with Crippen molar-refractivity contribution in [2.45, 2.75) is 57.1 Å². The van der Waals surface area contributed by atoms with Crippen LogP contribution in [0.25, 0.3) is 0 Å². The molecule has 0 bridgehead atoms. The van der Waals surface area contributed by atoms with Crippen LogP contribution < -0.4 is 10.0 Å². The van der Waals surface area contributed by atoms with Gasteiger partial charge in [0, 0.05) is 13.2 Å². The molecule has 0 unspecified atom stereocenters. The molecule has 0 aromatic heterocycles. The molecule has 6 nitrogen and oxygen atoms in total. The maximum absolute atomic E-state index is 12.6. The van der Waals surface area contributed by atoms with E-state index in [1.807, 2.05) is 20.8 Å². The lowest BCUT2D eigenvalue weighted by molar-refractivity contribution is -0.124. The predicted octanol–water partition coefficient (Wildman–Crippen LogP) is 1.98. The average Bonchev–Trinajstić information content (AvgIpc) is 3.11. The van der Waals surface area contributed by atoms with Crippen LogP contribution in [0.2, 0.25) is 0 Å². The molecule has 1 fully saturated rings. The summed E-state index contributed by atoms with van der Waals surface area (Å²) in [6.45, 7) is 6.83. The fourth-order valence-electron chi connectivity index (χ4n) is 2.75. The van der Waals surface area contributed by atoms with Crippen molar-refractivity contribution in [3.63, 3.8) is 0 Å². The summed E-state index contributed by atoms with van der Waals surface area (Å²) in [6, 6.07) is 5.78. The van der Waals surface area contributed by atoms with Crippen LogP contribution in [0.3, 0.4) is 0 Å². The third-order valence-corrected chi connectivity index (χ3v) is 6.09. The van der Waals surface area contributed by atoms with Gasteiger partial charge in [0.1, 0.15) is 6.04 Å². The second kappa shape index (κ2) is 8.78. The Morgan fingerprint density at radius 3 is 2.56 bits per heavy atom. The molecule has 1 amide bonds. The van der Waals surface area contributed by atoms with E-state index < -0.39 is 16.1 Å². The van der Waals surface area contributed by atoms with Crippen molar-refractivity contribution in [1.82, 2.24) is 10.0 Å². The van der Waals surface area contributed by atoms with Crippen LogP contribution in [0.15, 0.2) is 29.2 Å². The number of amides is 1. The molecule has 0 saturated carbocycles. The largest absolute Gasteiger partial charge is 0.376 e. The van der Waals surface area contributed by atoms with Gasteiger partial charge in [0.25, 0.3) is 0 Å². The highest BCUT2D eigenvalue weighted by Gasteiger charge is 2.30. The van der Waals surface area contributed by atoms with Crippen LogP contribution in [-0.4, -0.2) is 39.6 Å². The van der Waals surface area contributed by atoms with Crippen LogP contribution in [0.5, 0.6) is 0 Å². The Morgan fingerprint density at radius 1 is 1.32 bits per heavy atom. The smallest absolute Gasteiger partial charge is 0.241 e. The maximum Gasteiger partial charge on any atom is 0.241 e. The molecule has 140 valence electrons. The van der Waals surface area contributed by atoms with Crippen LogP contribution in [0.4, 0.5) is 0 Å². The van der Waals surface area contributed by atoms with E-state index in [0.29, 0.717) is 13.0 Å². The molecule has 3 atom stereocenters. The number of benzene rings is 1. The first-order valence-electron chi connectivity index (χ1n) is 8.81. The average molecular weight is 368 g/mol. The molecule has 0 aliphatic carbocycles. The number of hydrogen-bond donors (Lipinski definition) is 2. The molecule has 0 radical (unpaired) electrons. The van der Waals surface area contributed by atoms with Crippen molar-refractivity contribution in [2.75, 3.05) is 13.2 Å². The predicted molar refractivity (Wildman–Crippen MR) is 96.7 cm³/mol. The summed E-state index contributed by atoms with van der Waals surface area (Å²) in [5.74, 6) is -0.426. The van der Waals surface area contributed by atoms with E-state index in [4.69, 9.17) is 4.74 Å². The fraction of sp³-hybridized carbons (Fsp3) is 0.611. The van der Waals surface area contributed by atoms with E-state index in [2.05, 4.69) is 10.0 Å². The number of aryl methyl sites for hydroxylation is 1. The lowest BCUT2D eigenvalue weighted by Gasteiger charge is -2.24. The normalized spacial score (nSPS) is 20.2. The standard InChI is InChI=1S/C18H28N2O4S/c1-4-14(3)17(18(21)19-12-15-6-5-11-24-15)20-25(22,23)16-9-7-13(2)8-10-16/h7-10,14-15,17,20H,4-6,11-12H2,1-3H3,(H,19,21)/t14-,15-,17+/m0/s1. The molecule has 25 heavy (non-hydrogen) atoms. The molecule has 1 heterocycles. The quantitative estimate of drug-likeness (QED) is 0.735. The van der Waals surface area contributed by atoms with Gasteiger partial charge in [-0.3, -0.25) is 4.79 Å². The van der Waals surface area contributed by atoms with Crippen molar-refractivity contribution in [2.24, 2.45) is 5.92 Å². The van der Waals surface area contributed by atoms with Crippen molar-refractivity contribution in [3.8, 4) is 0 Å². The van der Waals surface area contributed by atoms with Crippen LogP contribution in [0.1, 0.15) is 38.7 Å². The van der Waals surface area contributed by atoms with Gasteiger partial charge in [0.15, 0.2) is 0 Å². The molecule has 1 aliphatic heterocycles. The molecular weight excluding hydrogens is 340 g/mol. The lowest BCUT2D eigenvalue weighted by Crippen LogP contribution is -2.51. The van der Waals surface area contributed by atoms with Crippen molar-refractivity contribution < 1.29 is 17.9 Å². The molecule has 0 spiro atoms. The highest BCUT2D eigenvalue weighted by Crippen LogP contribution is 2.16.